The molecule has 2 heteroatoms. The summed E-state index contributed by atoms with van der Waals surface area (Å²) in [6, 6.07) is 26.4. The van der Waals surface area contributed by atoms with Crippen LogP contribution in [0.3, 0.4) is 0 Å². The molecule has 0 radical (unpaired) electrons. The van der Waals surface area contributed by atoms with E-state index in [0.29, 0.717) is 16.2 Å². The van der Waals surface area contributed by atoms with Gasteiger partial charge in [-0.2, -0.15) is 0 Å². The molecule has 3 aromatic carbocycles. The molecule has 0 aliphatic rings. The molecular weight excluding hydrogens is 304 g/mol. The second-order valence-corrected chi connectivity index (χ2v) is 5.55. The summed E-state index contributed by atoms with van der Waals surface area (Å²) >= 11 is 6.25. The summed E-state index contributed by atoms with van der Waals surface area (Å²) in [5.41, 5.74) is 3.00. The minimum Gasteiger partial charge on any atom is -0.289 e. The molecule has 0 atom stereocenters. The van der Waals surface area contributed by atoms with Crippen molar-refractivity contribution < 1.29 is 4.79 Å². The van der Waals surface area contributed by atoms with Crippen LogP contribution in [0.2, 0.25) is 5.02 Å². The van der Waals surface area contributed by atoms with E-state index in [-0.39, 0.29) is 5.78 Å². The average Bonchev–Trinajstić information content (AvgIpc) is 2.62. The van der Waals surface area contributed by atoms with E-state index in [0.717, 1.165) is 11.1 Å². The van der Waals surface area contributed by atoms with E-state index >= 15 is 0 Å². The third-order valence-electron chi connectivity index (χ3n) is 3.57. The van der Waals surface area contributed by atoms with Crippen molar-refractivity contribution in [3.8, 4) is 0 Å². The van der Waals surface area contributed by atoms with Crippen LogP contribution in [-0.2, 0) is 0 Å². The fraction of sp³-hybridized carbons (Fsp3) is 0. The lowest BCUT2D eigenvalue weighted by Gasteiger charge is -2.08. The number of Topliss-reactive ketones (excluding diaryl/α,β-unsaturated/α-hetero) is 1. The third-order valence-corrected chi connectivity index (χ3v) is 3.91. The van der Waals surface area contributed by atoms with E-state index in [9.17, 15) is 4.79 Å². The summed E-state index contributed by atoms with van der Waals surface area (Å²) in [6.45, 7) is 0. The molecule has 0 saturated carbocycles. The summed E-state index contributed by atoms with van der Waals surface area (Å²) in [5.74, 6) is -0.0169. The first-order valence-electron chi connectivity index (χ1n) is 7.37. The van der Waals surface area contributed by atoms with Crippen molar-refractivity contribution in [2.45, 2.75) is 0 Å². The zero-order valence-corrected chi connectivity index (χ0v) is 13.2. The number of hydrogen-bond acceptors (Lipinski definition) is 1. The van der Waals surface area contributed by atoms with Gasteiger partial charge in [0, 0.05) is 16.2 Å². The van der Waals surface area contributed by atoms with E-state index in [1.807, 2.05) is 91.0 Å². The van der Waals surface area contributed by atoms with Crippen molar-refractivity contribution in [3.63, 3.8) is 0 Å². The first kappa shape index (κ1) is 15.3. The summed E-state index contributed by atoms with van der Waals surface area (Å²) in [6.07, 6.45) is 1.85. The van der Waals surface area contributed by atoms with Crippen molar-refractivity contribution in [1.82, 2.24) is 0 Å². The molecule has 0 spiro atoms. The second kappa shape index (κ2) is 7.08. The number of halogens is 1. The van der Waals surface area contributed by atoms with Crippen LogP contribution in [0.1, 0.15) is 21.5 Å². The number of carbonyl (C=O) groups excluding carboxylic acids is 1. The fourth-order valence-corrected chi connectivity index (χ4v) is 2.58. The van der Waals surface area contributed by atoms with E-state index in [2.05, 4.69) is 0 Å². The highest BCUT2D eigenvalue weighted by Gasteiger charge is 2.14. The van der Waals surface area contributed by atoms with Gasteiger partial charge in [0.05, 0.1) is 0 Å². The van der Waals surface area contributed by atoms with Gasteiger partial charge in [0.25, 0.3) is 0 Å². The number of allylic oxidation sites excluding steroid dienone is 1. The lowest BCUT2D eigenvalue weighted by Crippen LogP contribution is -2.02. The second-order valence-electron chi connectivity index (χ2n) is 5.14. The largest absolute Gasteiger partial charge is 0.289 e. The smallest absolute Gasteiger partial charge is 0.193 e. The van der Waals surface area contributed by atoms with Gasteiger partial charge in [-0.05, 0) is 23.3 Å². The number of rotatable bonds is 4. The summed E-state index contributed by atoms with van der Waals surface area (Å²) in [4.78, 5) is 12.9. The fourth-order valence-electron chi connectivity index (χ4n) is 2.39. The van der Waals surface area contributed by atoms with Crippen LogP contribution in [0.25, 0.3) is 11.6 Å². The Morgan fingerprint density at radius 2 is 1.22 bits per heavy atom. The van der Waals surface area contributed by atoms with Crippen LogP contribution in [0.5, 0.6) is 0 Å². The summed E-state index contributed by atoms with van der Waals surface area (Å²) < 4.78 is 0. The third kappa shape index (κ3) is 3.58. The molecule has 0 fully saturated rings. The monoisotopic (exact) mass is 318 g/mol. The summed E-state index contributed by atoms with van der Waals surface area (Å²) in [7, 11) is 0. The number of benzene rings is 3. The highest BCUT2D eigenvalue weighted by atomic mass is 35.5. The van der Waals surface area contributed by atoms with Gasteiger partial charge >= 0.3 is 0 Å². The van der Waals surface area contributed by atoms with Crippen LogP contribution in [0.4, 0.5) is 0 Å². The van der Waals surface area contributed by atoms with Crippen LogP contribution in [0, 0.1) is 0 Å². The SMILES string of the molecule is O=C(/C(=C/c1ccccc1Cl)c1ccccc1)c1ccccc1. The molecule has 1 nitrogen and oxygen atoms in total. The highest BCUT2D eigenvalue weighted by Crippen LogP contribution is 2.26. The summed E-state index contributed by atoms with van der Waals surface area (Å²) in [5, 5.41) is 0.627. The topological polar surface area (TPSA) is 17.1 Å². The van der Waals surface area contributed by atoms with Crippen LogP contribution in [-0.4, -0.2) is 5.78 Å². The van der Waals surface area contributed by atoms with E-state index in [4.69, 9.17) is 11.6 Å². The Kier molecular flexibility index (Phi) is 4.70. The lowest BCUT2D eigenvalue weighted by atomic mass is 9.95. The van der Waals surface area contributed by atoms with Crippen molar-refractivity contribution in [2.24, 2.45) is 0 Å². The number of carbonyl (C=O) groups is 1. The molecule has 0 aliphatic heterocycles. The van der Waals surface area contributed by atoms with Crippen molar-refractivity contribution in [1.29, 1.82) is 0 Å². The van der Waals surface area contributed by atoms with Gasteiger partial charge in [-0.15, -0.1) is 0 Å². The quantitative estimate of drug-likeness (QED) is 0.339. The average molecular weight is 319 g/mol. The zero-order chi connectivity index (χ0) is 16.1. The van der Waals surface area contributed by atoms with Crippen LogP contribution < -0.4 is 0 Å². The van der Waals surface area contributed by atoms with Gasteiger partial charge in [-0.3, -0.25) is 4.79 Å². The zero-order valence-electron chi connectivity index (χ0n) is 12.4. The number of ketones is 1. The van der Waals surface area contributed by atoms with Crippen molar-refractivity contribution >= 4 is 29.0 Å². The Morgan fingerprint density at radius 3 is 1.83 bits per heavy atom. The molecule has 0 unspecified atom stereocenters. The molecule has 112 valence electrons. The van der Waals surface area contributed by atoms with Crippen molar-refractivity contribution in [2.75, 3.05) is 0 Å². The Bertz CT molecular complexity index is 836. The predicted molar refractivity (Wildman–Crippen MR) is 96.5 cm³/mol. The molecule has 0 heterocycles. The van der Waals surface area contributed by atoms with Crippen molar-refractivity contribution in [3.05, 3.63) is 107 Å². The molecule has 0 saturated heterocycles. The highest BCUT2D eigenvalue weighted by molar-refractivity contribution is 6.35. The predicted octanol–water partition coefficient (Wildman–Crippen LogP) is 5.76. The van der Waals surface area contributed by atoms with Gasteiger partial charge < -0.3 is 0 Å². The van der Waals surface area contributed by atoms with Gasteiger partial charge in [0.15, 0.2) is 5.78 Å². The standard InChI is InChI=1S/C21H15ClO/c22-20-14-8-7-13-18(20)15-19(16-9-3-1-4-10-16)21(23)17-11-5-2-6-12-17/h1-15H/b19-15+. The molecule has 0 N–H and O–H groups in total. The van der Waals surface area contributed by atoms with Gasteiger partial charge in [-0.1, -0.05) is 90.5 Å². The molecule has 0 bridgehead atoms. The van der Waals surface area contributed by atoms with E-state index in [1.165, 1.54) is 0 Å². The van der Waals surface area contributed by atoms with E-state index in [1.54, 1.807) is 0 Å². The van der Waals surface area contributed by atoms with E-state index < -0.39 is 0 Å². The Balaban J connectivity index is 2.12. The van der Waals surface area contributed by atoms with Crippen LogP contribution in [0.15, 0.2) is 84.9 Å². The van der Waals surface area contributed by atoms with Gasteiger partial charge in [0.2, 0.25) is 0 Å². The maximum atomic E-state index is 12.9. The molecule has 0 aliphatic carbocycles. The maximum absolute atomic E-state index is 12.9. The molecule has 3 rings (SSSR count). The first-order valence-corrected chi connectivity index (χ1v) is 7.75. The normalized spacial score (nSPS) is 11.3. The number of hydrogen-bond donors (Lipinski definition) is 0. The first-order chi connectivity index (χ1) is 11.3. The lowest BCUT2D eigenvalue weighted by molar-refractivity contribution is 0.105. The van der Waals surface area contributed by atoms with Gasteiger partial charge in [0.1, 0.15) is 0 Å². The maximum Gasteiger partial charge on any atom is 0.193 e. The Hall–Kier alpha value is -2.64. The molecule has 3 aromatic rings. The molecule has 0 aromatic heterocycles. The minimum absolute atomic E-state index is 0.0169. The minimum atomic E-state index is -0.0169. The van der Waals surface area contributed by atoms with Crippen LogP contribution >= 0.6 is 11.6 Å². The van der Waals surface area contributed by atoms with Gasteiger partial charge in [-0.25, -0.2) is 0 Å². The Morgan fingerprint density at radius 1 is 0.696 bits per heavy atom. The molecule has 0 amide bonds. The molecular formula is C21H15ClO. The molecule has 23 heavy (non-hydrogen) atoms. The Labute approximate surface area is 140 Å².